The van der Waals surface area contributed by atoms with Crippen molar-refractivity contribution in [2.75, 3.05) is 13.1 Å². The highest BCUT2D eigenvalue weighted by Crippen LogP contribution is 2.25. The van der Waals surface area contributed by atoms with E-state index in [-0.39, 0.29) is 17.7 Å². The van der Waals surface area contributed by atoms with Crippen LogP contribution in [0.1, 0.15) is 16.1 Å². The van der Waals surface area contributed by atoms with Gasteiger partial charge in [-0.2, -0.15) is 0 Å². The maximum Gasteiger partial charge on any atom is 0.263 e. The molecule has 1 atom stereocenters. The number of nitrogens with two attached hydrogens (primary N) is 1. The number of carbonyl (C=O) groups is 2. The standard InChI is InChI=1S/C10H11BrN2O2S/c11-8-2-1-7(16-8)10(15)13-4-3-6(5-13)9(12)14/h1-2,6H,3-5H2,(H2,12,14). The number of hydrogen-bond donors (Lipinski definition) is 1. The lowest BCUT2D eigenvalue weighted by Gasteiger charge is -2.14. The Kier molecular flexibility index (Phi) is 3.30. The summed E-state index contributed by atoms with van der Waals surface area (Å²) in [5.41, 5.74) is 5.22. The fourth-order valence-corrected chi connectivity index (χ4v) is 3.12. The van der Waals surface area contributed by atoms with Gasteiger partial charge in [0.1, 0.15) is 0 Å². The van der Waals surface area contributed by atoms with Crippen LogP contribution in [0.4, 0.5) is 0 Å². The van der Waals surface area contributed by atoms with Gasteiger partial charge >= 0.3 is 0 Å². The second-order valence-corrected chi connectivity index (χ2v) is 6.21. The number of nitrogens with zero attached hydrogens (tertiary/aromatic N) is 1. The highest BCUT2D eigenvalue weighted by Gasteiger charge is 2.30. The molecular formula is C10H11BrN2O2S. The van der Waals surface area contributed by atoms with Crippen LogP contribution < -0.4 is 5.73 Å². The molecule has 1 aromatic heterocycles. The first kappa shape index (κ1) is 11.6. The number of carbonyl (C=O) groups excluding carboxylic acids is 2. The molecule has 1 saturated heterocycles. The normalized spacial score (nSPS) is 20.1. The molecule has 0 bridgehead atoms. The van der Waals surface area contributed by atoms with Crippen molar-refractivity contribution < 1.29 is 9.59 Å². The lowest BCUT2D eigenvalue weighted by atomic mass is 10.1. The third kappa shape index (κ3) is 2.27. The van der Waals surface area contributed by atoms with Crippen LogP contribution in [0.15, 0.2) is 15.9 Å². The van der Waals surface area contributed by atoms with Gasteiger partial charge in [0.25, 0.3) is 5.91 Å². The molecule has 4 nitrogen and oxygen atoms in total. The van der Waals surface area contributed by atoms with Crippen LogP contribution in [0.2, 0.25) is 0 Å². The highest BCUT2D eigenvalue weighted by molar-refractivity contribution is 9.11. The van der Waals surface area contributed by atoms with Crippen molar-refractivity contribution in [1.29, 1.82) is 0 Å². The van der Waals surface area contributed by atoms with Crippen molar-refractivity contribution in [3.8, 4) is 0 Å². The SMILES string of the molecule is NC(=O)C1CCN(C(=O)c2ccc(Br)s2)C1. The molecule has 1 fully saturated rings. The van der Waals surface area contributed by atoms with E-state index in [1.807, 2.05) is 6.07 Å². The third-order valence-electron chi connectivity index (χ3n) is 2.66. The zero-order valence-corrected chi connectivity index (χ0v) is 10.9. The molecule has 6 heteroatoms. The van der Waals surface area contributed by atoms with E-state index in [4.69, 9.17) is 5.73 Å². The summed E-state index contributed by atoms with van der Waals surface area (Å²) in [7, 11) is 0. The van der Waals surface area contributed by atoms with E-state index in [0.29, 0.717) is 24.4 Å². The Morgan fingerprint density at radius 3 is 2.75 bits per heavy atom. The molecule has 1 aromatic rings. The zero-order valence-electron chi connectivity index (χ0n) is 8.48. The van der Waals surface area contributed by atoms with Crippen molar-refractivity contribution in [3.05, 3.63) is 20.8 Å². The molecule has 1 aliphatic rings. The van der Waals surface area contributed by atoms with Gasteiger partial charge in [0.05, 0.1) is 14.6 Å². The molecule has 2 amide bonds. The molecule has 1 aliphatic heterocycles. The first-order valence-corrected chi connectivity index (χ1v) is 6.53. The van der Waals surface area contributed by atoms with Crippen molar-refractivity contribution >= 4 is 39.1 Å². The largest absolute Gasteiger partial charge is 0.369 e. The Hall–Kier alpha value is -0.880. The van der Waals surface area contributed by atoms with Gasteiger partial charge in [0, 0.05) is 13.1 Å². The Morgan fingerprint density at radius 1 is 1.50 bits per heavy atom. The summed E-state index contributed by atoms with van der Waals surface area (Å²) in [5.74, 6) is -0.519. The molecule has 0 saturated carbocycles. The number of hydrogen-bond acceptors (Lipinski definition) is 3. The number of rotatable bonds is 2. The van der Waals surface area contributed by atoms with E-state index < -0.39 is 0 Å². The molecule has 2 rings (SSSR count). The molecule has 86 valence electrons. The average Bonchev–Trinajstić information content (AvgIpc) is 2.84. The van der Waals surface area contributed by atoms with Crippen LogP contribution >= 0.6 is 27.3 Å². The number of primary amides is 1. The van der Waals surface area contributed by atoms with Crippen LogP contribution in [0, 0.1) is 5.92 Å². The maximum atomic E-state index is 12.0. The van der Waals surface area contributed by atoms with Crippen molar-refractivity contribution in [3.63, 3.8) is 0 Å². The summed E-state index contributed by atoms with van der Waals surface area (Å²) >= 11 is 4.72. The summed E-state index contributed by atoms with van der Waals surface area (Å²) in [5, 5.41) is 0. The van der Waals surface area contributed by atoms with Crippen LogP contribution in [0.5, 0.6) is 0 Å². The third-order valence-corrected chi connectivity index (χ3v) is 4.27. The van der Waals surface area contributed by atoms with Crippen LogP contribution in [0.25, 0.3) is 0 Å². The van der Waals surface area contributed by atoms with E-state index in [1.54, 1.807) is 11.0 Å². The van der Waals surface area contributed by atoms with E-state index >= 15 is 0 Å². The minimum absolute atomic E-state index is 0.0144. The fourth-order valence-electron chi connectivity index (χ4n) is 1.76. The van der Waals surface area contributed by atoms with Gasteiger partial charge in [-0.05, 0) is 34.5 Å². The van der Waals surface area contributed by atoms with Crippen molar-refractivity contribution in [2.45, 2.75) is 6.42 Å². The predicted molar refractivity (Wildman–Crippen MR) is 65.2 cm³/mol. The molecule has 0 spiro atoms. The lowest BCUT2D eigenvalue weighted by molar-refractivity contribution is -0.121. The van der Waals surface area contributed by atoms with Gasteiger partial charge in [0.15, 0.2) is 0 Å². The molecule has 0 radical (unpaired) electrons. The van der Waals surface area contributed by atoms with Crippen LogP contribution in [-0.4, -0.2) is 29.8 Å². The number of thiophene rings is 1. The van der Waals surface area contributed by atoms with Crippen molar-refractivity contribution in [2.24, 2.45) is 11.7 Å². The topological polar surface area (TPSA) is 63.4 Å². The monoisotopic (exact) mass is 302 g/mol. The number of halogens is 1. The predicted octanol–water partition coefficient (Wildman–Crippen LogP) is 1.46. The number of amides is 2. The highest BCUT2D eigenvalue weighted by atomic mass is 79.9. The summed E-state index contributed by atoms with van der Waals surface area (Å²) in [6.45, 7) is 1.06. The maximum absolute atomic E-state index is 12.0. The minimum atomic E-state index is -0.317. The first-order valence-electron chi connectivity index (χ1n) is 4.92. The molecule has 1 unspecified atom stereocenters. The molecule has 0 aromatic carbocycles. The molecular weight excluding hydrogens is 292 g/mol. The van der Waals surface area contributed by atoms with E-state index in [0.717, 1.165) is 3.79 Å². The Balaban J connectivity index is 2.05. The zero-order chi connectivity index (χ0) is 11.7. The van der Waals surface area contributed by atoms with Gasteiger partial charge in [-0.25, -0.2) is 0 Å². The summed E-state index contributed by atoms with van der Waals surface area (Å²) < 4.78 is 0.932. The summed E-state index contributed by atoms with van der Waals surface area (Å²) in [4.78, 5) is 25.4. The van der Waals surface area contributed by atoms with Crippen LogP contribution in [0.3, 0.4) is 0 Å². The van der Waals surface area contributed by atoms with Gasteiger partial charge < -0.3 is 10.6 Å². The van der Waals surface area contributed by atoms with Gasteiger partial charge in [0.2, 0.25) is 5.91 Å². The first-order chi connectivity index (χ1) is 7.58. The van der Waals surface area contributed by atoms with E-state index in [2.05, 4.69) is 15.9 Å². The smallest absolute Gasteiger partial charge is 0.263 e. The summed E-state index contributed by atoms with van der Waals surface area (Å²) in [6.07, 6.45) is 0.674. The second kappa shape index (κ2) is 4.55. The van der Waals surface area contributed by atoms with E-state index in [9.17, 15) is 9.59 Å². The van der Waals surface area contributed by atoms with Gasteiger partial charge in [-0.1, -0.05) is 0 Å². The van der Waals surface area contributed by atoms with E-state index in [1.165, 1.54) is 11.3 Å². The molecule has 2 heterocycles. The Morgan fingerprint density at radius 2 is 2.25 bits per heavy atom. The second-order valence-electron chi connectivity index (χ2n) is 3.74. The van der Waals surface area contributed by atoms with Crippen molar-refractivity contribution in [1.82, 2.24) is 4.90 Å². The fraction of sp³-hybridized carbons (Fsp3) is 0.400. The quantitative estimate of drug-likeness (QED) is 0.899. The average molecular weight is 303 g/mol. The molecule has 16 heavy (non-hydrogen) atoms. The number of likely N-dealkylation sites (tertiary alicyclic amines) is 1. The molecule has 0 aliphatic carbocycles. The van der Waals surface area contributed by atoms with Crippen LogP contribution in [-0.2, 0) is 4.79 Å². The van der Waals surface area contributed by atoms with Gasteiger partial charge in [-0.15, -0.1) is 11.3 Å². The Bertz CT molecular complexity index is 432. The minimum Gasteiger partial charge on any atom is -0.369 e. The lowest BCUT2D eigenvalue weighted by Crippen LogP contribution is -2.31. The summed E-state index contributed by atoms with van der Waals surface area (Å²) in [6, 6.07) is 3.63. The van der Waals surface area contributed by atoms with Gasteiger partial charge in [-0.3, -0.25) is 9.59 Å². The Labute approximate surface area is 106 Å². The molecule has 2 N–H and O–H groups in total.